The number of aliphatic carboxylic acids is 1. The van der Waals surface area contributed by atoms with Gasteiger partial charge in [-0.05, 0) is 18.5 Å². The smallest absolute Gasteiger partial charge is 0.332 e. The number of hydrogen-bond acceptors (Lipinski definition) is 4. The summed E-state index contributed by atoms with van der Waals surface area (Å²) in [5.41, 5.74) is -1.14. The third kappa shape index (κ3) is 1.75. The van der Waals surface area contributed by atoms with Gasteiger partial charge in [0, 0.05) is 14.1 Å². The van der Waals surface area contributed by atoms with Gasteiger partial charge in [0.15, 0.2) is 11.2 Å². The minimum atomic E-state index is -1.16. The van der Waals surface area contributed by atoms with Crippen LogP contribution in [0.4, 0.5) is 0 Å². The SMILES string of the molecule is CC(C(=O)O)n1c(Cl)nc2c1c(=O)n(C)c(=O)n2C. The van der Waals surface area contributed by atoms with Gasteiger partial charge in [-0.25, -0.2) is 9.59 Å². The van der Waals surface area contributed by atoms with Gasteiger partial charge in [0.1, 0.15) is 6.04 Å². The van der Waals surface area contributed by atoms with E-state index in [9.17, 15) is 14.4 Å². The number of rotatable bonds is 2. The van der Waals surface area contributed by atoms with Gasteiger partial charge >= 0.3 is 11.7 Å². The van der Waals surface area contributed by atoms with E-state index in [4.69, 9.17) is 16.7 Å². The monoisotopic (exact) mass is 286 g/mol. The molecular weight excluding hydrogens is 276 g/mol. The summed E-state index contributed by atoms with van der Waals surface area (Å²) in [5, 5.41) is 8.89. The fourth-order valence-corrected chi connectivity index (χ4v) is 2.16. The van der Waals surface area contributed by atoms with Crippen molar-refractivity contribution in [2.45, 2.75) is 13.0 Å². The topological polar surface area (TPSA) is 99.1 Å². The van der Waals surface area contributed by atoms with Crippen LogP contribution in [0, 0.1) is 0 Å². The molecule has 8 nitrogen and oxygen atoms in total. The van der Waals surface area contributed by atoms with Crippen molar-refractivity contribution < 1.29 is 9.90 Å². The van der Waals surface area contributed by atoms with E-state index in [1.54, 1.807) is 0 Å². The molecule has 19 heavy (non-hydrogen) atoms. The van der Waals surface area contributed by atoms with Crippen LogP contribution in [0.15, 0.2) is 9.59 Å². The second-order valence-corrected chi connectivity index (χ2v) is 4.48. The predicted octanol–water partition coefficient (Wildman–Crippen LogP) is -0.267. The first-order valence-corrected chi connectivity index (χ1v) is 5.71. The van der Waals surface area contributed by atoms with Crippen molar-refractivity contribution in [1.82, 2.24) is 18.7 Å². The molecule has 0 radical (unpaired) electrons. The Morgan fingerprint density at radius 2 is 1.89 bits per heavy atom. The Kier molecular flexibility index (Phi) is 2.97. The van der Waals surface area contributed by atoms with Crippen LogP contribution in [0.25, 0.3) is 11.2 Å². The van der Waals surface area contributed by atoms with Crippen LogP contribution in [0.3, 0.4) is 0 Å². The van der Waals surface area contributed by atoms with Crippen molar-refractivity contribution in [3.63, 3.8) is 0 Å². The first-order chi connectivity index (χ1) is 8.77. The highest BCUT2D eigenvalue weighted by Gasteiger charge is 2.24. The molecule has 1 N–H and O–H groups in total. The van der Waals surface area contributed by atoms with Crippen LogP contribution in [-0.2, 0) is 18.9 Å². The zero-order valence-corrected chi connectivity index (χ0v) is 11.2. The Hall–Kier alpha value is -2.09. The summed E-state index contributed by atoms with van der Waals surface area (Å²) in [5.74, 6) is -1.16. The summed E-state index contributed by atoms with van der Waals surface area (Å²) >= 11 is 5.88. The van der Waals surface area contributed by atoms with Crippen molar-refractivity contribution in [3.8, 4) is 0 Å². The Labute approximate surface area is 111 Å². The van der Waals surface area contributed by atoms with Crippen molar-refractivity contribution >= 4 is 28.7 Å². The van der Waals surface area contributed by atoms with E-state index in [1.807, 2.05) is 0 Å². The zero-order valence-electron chi connectivity index (χ0n) is 10.4. The van der Waals surface area contributed by atoms with Gasteiger partial charge in [-0.3, -0.25) is 18.5 Å². The standard InChI is InChI=1S/C10H11ClN4O4/c1-4(8(17)18)15-5-6(12-9(15)11)13(2)10(19)14(3)7(5)16/h4H,1-3H3,(H,17,18). The summed E-state index contributed by atoms with van der Waals surface area (Å²) in [6, 6.07) is -1.07. The lowest BCUT2D eigenvalue weighted by Gasteiger charge is -2.10. The van der Waals surface area contributed by atoms with Crippen LogP contribution >= 0.6 is 11.6 Å². The molecule has 0 fully saturated rings. The number of halogens is 1. The average Bonchev–Trinajstić information content (AvgIpc) is 2.70. The minimum Gasteiger partial charge on any atom is -0.480 e. The molecular formula is C10H11ClN4O4. The lowest BCUT2D eigenvalue weighted by Crippen LogP contribution is -2.38. The largest absolute Gasteiger partial charge is 0.480 e. The van der Waals surface area contributed by atoms with Gasteiger partial charge in [0.2, 0.25) is 5.28 Å². The molecule has 0 spiro atoms. The summed E-state index contributed by atoms with van der Waals surface area (Å²) in [4.78, 5) is 38.8. The highest BCUT2D eigenvalue weighted by Crippen LogP contribution is 2.21. The fourth-order valence-electron chi connectivity index (χ4n) is 1.85. The molecule has 2 heterocycles. The number of carboxylic acid groups (broad SMARTS) is 1. The third-order valence-corrected chi connectivity index (χ3v) is 3.26. The molecule has 0 saturated heterocycles. The van der Waals surface area contributed by atoms with E-state index in [0.717, 1.165) is 13.7 Å². The fraction of sp³-hybridized carbons (Fsp3) is 0.400. The number of carbonyl (C=O) groups is 1. The summed E-state index contributed by atoms with van der Waals surface area (Å²) in [6.07, 6.45) is 0. The predicted molar refractivity (Wildman–Crippen MR) is 67.6 cm³/mol. The number of imidazole rings is 1. The molecule has 0 amide bonds. The number of aryl methyl sites for hydroxylation is 1. The highest BCUT2D eigenvalue weighted by molar-refractivity contribution is 6.29. The van der Waals surface area contributed by atoms with Crippen LogP contribution in [0.5, 0.6) is 0 Å². The van der Waals surface area contributed by atoms with E-state index < -0.39 is 23.3 Å². The van der Waals surface area contributed by atoms with Crippen molar-refractivity contribution in [1.29, 1.82) is 0 Å². The van der Waals surface area contributed by atoms with E-state index in [1.165, 1.54) is 21.0 Å². The molecule has 0 bridgehead atoms. The van der Waals surface area contributed by atoms with Gasteiger partial charge < -0.3 is 5.11 Å². The van der Waals surface area contributed by atoms with Crippen LogP contribution in [-0.4, -0.2) is 29.8 Å². The lowest BCUT2D eigenvalue weighted by molar-refractivity contribution is -0.140. The quantitative estimate of drug-likeness (QED) is 0.766. The second-order valence-electron chi connectivity index (χ2n) is 4.14. The first kappa shape index (κ1) is 13.3. The first-order valence-electron chi connectivity index (χ1n) is 5.33. The number of aromatic nitrogens is 4. The summed E-state index contributed by atoms with van der Waals surface area (Å²) in [7, 11) is 2.74. The minimum absolute atomic E-state index is 0.00972. The van der Waals surface area contributed by atoms with E-state index in [2.05, 4.69) is 4.98 Å². The van der Waals surface area contributed by atoms with Gasteiger partial charge in [-0.2, -0.15) is 4.98 Å². The Bertz CT molecular complexity index is 800. The molecule has 0 aliphatic carbocycles. The molecule has 2 rings (SSSR count). The van der Waals surface area contributed by atoms with Gasteiger partial charge in [0.25, 0.3) is 5.56 Å². The van der Waals surface area contributed by atoms with Crippen LogP contribution in [0.2, 0.25) is 5.28 Å². The van der Waals surface area contributed by atoms with Crippen LogP contribution < -0.4 is 11.2 Å². The molecule has 2 aromatic rings. The third-order valence-electron chi connectivity index (χ3n) is 2.99. The second kappa shape index (κ2) is 4.23. The summed E-state index contributed by atoms with van der Waals surface area (Å²) in [6.45, 7) is 1.37. The maximum atomic E-state index is 12.1. The van der Waals surface area contributed by atoms with Crippen molar-refractivity contribution in [2.75, 3.05) is 0 Å². The molecule has 0 saturated carbocycles. The number of fused-ring (bicyclic) bond motifs is 1. The van der Waals surface area contributed by atoms with Crippen molar-refractivity contribution in [2.24, 2.45) is 14.1 Å². The van der Waals surface area contributed by atoms with E-state index in [-0.39, 0.29) is 16.4 Å². The van der Waals surface area contributed by atoms with Gasteiger partial charge in [-0.1, -0.05) is 0 Å². The highest BCUT2D eigenvalue weighted by atomic mass is 35.5. The van der Waals surface area contributed by atoms with Crippen molar-refractivity contribution in [3.05, 3.63) is 26.1 Å². The van der Waals surface area contributed by atoms with E-state index >= 15 is 0 Å². The van der Waals surface area contributed by atoms with E-state index in [0.29, 0.717) is 0 Å². The Morgan fingerprint density at radius 3 is 2.42 bits per heavy atom. The zero-order chi connectivity index (χ0) is 14.5. The molecule has 2 aromatic heterocycles. The number of carboxylic acids is 1. The van der Waals surface area contributed by atoms with Crippen LogP contribution in [0.1, 0.15) is 13.0 Å². The molecule has 1 atom stereocenters. The molecule has 9 heteroatoms. The normalized spacial score (nSPS) is 12.8. The molecule has 0 aliphatic heterocycles. The summed E-state index contributed by atoms with van der Waals surface area (Å²) < 4.78 is 3.13. The Balaban J connectivity index is 3.04. The average molecular weight is 287 g/mol. The lowest BCUT2D eigenvalue weighted by atomic mass is 10.3. The maximum absolute atomic E-state index is 12.1. The maximum Gasteiger partial charge on any atom is 0.332 e. The molecule has 0 aliphatic rings. The molecule has 1 unspecified atom stereocenters. The van der Waals surface area contributed by atoms with Gasteiger partial charge in [0.05, 0.1) is 0 Å². The number of nitrogens with zero attached hydrogens (tertiary/aromatic N) is 4. The van der Waals surface area contributed by atoms with Gasteiger partial charge in [-0.15, -0.1) is 0 Å². The molecule has 102 valence electrons. The number of hydrogen-bond donors (Lipinski definition) is 1. The Morgan fingerprint density at radius 1 is 1.32 bits per heavy atom. The molecule has 0 aromatic carbocycles.